The molecule has 1 aromatic carbocycles. The summed E-state index contributed by atoms with van der Waals surface area (Å²) in [5, 5.41) is 5.29. The van der Waals surface area contributed by atoms with Gasteiger partial charge in [-0.15, -0.1) is 11.8 Å². The highest BCUT2D eigenvalue weighted by atomic mass is 32.2. The first-order valence-electron chi connectivity index (χ1n) is 9.16. The Morgan fingerprint density at radius 1 is 1.25 bits per heavy atom. The summed E-state index contributed by atoms with van der Waals surface area (Å²) < 4.78 is 22.9. The minimum absolute atomic E-state index is 0.0244. The number of nitrogens with zero attached hydrogens (tertiary/aromatic N) is 1. The number of rotatable bonds is 5. The predicted octanol–water partition coefficient (Wildman–Crippen LogP) is 0.0660. The maximum atomic E-state index is 12.6. The lowest BCUT2D eigenvalue weighted by Crippen LogP contribution is -2.47. The molecule has 0 radical (unpaired) electrons. The fraction of sp³-hybridized carbons (Fsp3) is 0.500. The number of carbonyl (C=O) groups excluding carboxylic acids is 3. The van der Waals surface area contributed by atoms with E-state index >= 15 is 0 Å². The molecule has 2 fully saturated rings. The molecule has 0 aliphatic carbocycles. The van der Waals surface area contributed by atoms with E-state index in [-0.39, 0.29) is 53.6 Å². The van der Waals surface area contributed by atoms with Gasteiger partial charge in [-0.3, -0.25) is 14.4 Å². The maximum Gasteiger partial charge on any atom is 0.256 e. The first-order chi connectivity index (χ1) is 13.4. The summed E-state index contributed by atoms with van der Waals surface area (Å²) >= 11 is 1.56. The van der Waals surface area contributed by atoms with Crippen LogP contribution in [-0.2, 0) is 19.4 Å². The fourth-order valence-electron chi connectivity index (χ4n) is 3.87. The van der Waals surface area contributed by atoms with Crippen molar-refractivity contribution in [1.82, 2.24) is 15.5 Å². The molecule has 2 N–H and O–H groups in total. The van der Waals surface area contributed by atoms with Gasteiger partial charge in [-0.05, 0) is 18.1 Å². The third kappa shape index (κ3) is 3.62. The quantitative estimate of drug-likeness (QED) is 0.693. The molecule has 28 heavy (non-hydrogen) atoms. The molecule has 3 aliphatic rings. The summed E-state index contributed by atoms with van der Waals surface area (Å²) in [6.07, 6.45) is 0.499. The van der Waals surface area contributed by atoms with Gasteiger partial charge in [-0.2, -0.15) is 0 Å². The second-order valence-corrected chi connectivity index (χ2v) is 10.6. The van der Waals surface area contributed by atoms with Gasteiger partial charge in [-0.25, -0.2) is 8.42 Å². The number of nitrogens with one attached hydrogen (secondary N) is 2. The van der Waals surface area contributed by atoms with Crippen molar-refractivity contribution in [2.24, 2.45) is 0 Å². The minimum Gasteiger partial charge on any atom is -0.354 e. The van der Waals surface area contributed by atoms with Crippen LogP contribution in [0, 0.1) is 0 Å². The number of hydrogen-bond donors (Lipinski definition) is 2. The van der Waals surface area contributed by atoms with E-state index in [1.165, 1.54) is 0 Å². The van der Waals surface area contributed by atoms with Crippen LogP contribution in [0.5, 0.6) is 0 Å². The van der Waals surface area contributed by atoms with Crippen molar-refractivity contribution in [2.45, 2.75) is 30.3 Å². The molecule has 0 bridgehead atoms. The van der Waals surface area contributed by atoms with E-state index < -0.39 is 15.9 Å². The highest BCUT2D eigenvalue weighted by Crippen LogP contribution is 2.47. The molecule has 8 nitrogen and oxygen atoms in total. The molecule has 150 valence electrons. The molecule has 0 saturated carbocycles. The highest BCUT2D eigenvalue weighted by Gasteiger charge is 2.48. The Kier molecular flexibility index (Phi) is 5.09. The Balaban J connectivity index is 1.27. The molecule has 3 heterocycles. The first kappa shape index (κ1) is 19.3. The summed E-state index contributed by atoms with van der Waals surface area (Å²) in [4.78, 5) is 38.8. The Bertz CT molecular complexity index is 933. The standard InChI is InChI=1S/C18H21N3O5S2/c22-15(20-11-6-8-28(25,26)10-11)5-7-19-16(23)14-9-27-18-13-4-2-1-3-12(13)17(24)21(14)18/h1-4,11,14,18H,5-10H2,(H,19,23)(H,20,22)/t11-,14-,18-/m1/s1. The molecule has 4 rings (SSSR count). The molecule has 3 aliphatic heterocycles. The van der Waals surface area contributed by atoms with Gasteiger partial charge in [0.2, 0.25) is 11.8 Å². The summed E-state index contributed by atoms with van der Waals surface area (Å²) in [6.45, 7) is 0.144. The van der Waals surface area contributed by atoms with Gasteiger partial charge < -0.3 is 15.5 Å². The predicted molar refractivity (Wildman–Crippen MR) is 104 cm³/mol. The third-order valence-electron chi connectivity index (χ3n) is 5.24. The van der Waals surface area contributed by atoms with E-state index in [9.17, 15) is 22.8 Å². The van der Waals surface area contributed by atoms with Gasteiger partial charge >= 0.3 is 0 Å². The molecule has 2 saturated heterocycles. The van der Waals surface area contributed by atoms with E-state index in [1.54, 1.807) is 22.7 Å². The van der Waals surface area contributed by atoms with Crippen LogP contribution in [0.1, 0.15) is 34.1 Å². The van der Waals surface area contributed by atoms with E-state index in [0.717, 1.165) is 5.56 Å². The average Bonchev–Trinajstić information content (AvgIpc) is 3.30. The second-order valence-electron chi connectivity index (χ2n) is 7.21. The topological polar surface area (TPSA) is 113 Å². The number of carbonyl (C=O) groups is 3. The Morgan fingerprint density at radius 3 is 2.79 bits per heavy atom. The average molecular weight is 424 g/mol. The van der Waals surface area contributed by atoms with Crippen LogP contribution in [0.2, 0.25) is 0 Å². The number of benzene rings is 1. The van der Waals surface area contributed by atoms with Crippen LogP contribution in [-0.4, -0.2) is 66.9 Å². The van der Waals surface area contributed by atoms with Crippen LogP contribution >= 0.6 is 11.8 Å². The Hall–Kier alpha value is -2.07. The molecule has 3 amide bonds. The Morgan fingerprint density at radius 2 is 2.04 bits per heavy atom. The van der Waals surface area contributed by atoms with E-state index in [1.807, 2.05) is 18.2 Å². The van der Waals surface area contributed by atoms with E-state index in [4.69, 9.17) is 0 Å². The lowest BCUT2D eigenvalue weighted by Gasteiger charge is -2.22. The zero-order valence-electron chi connectivity index (χ0n) is 15.1. The van der Waals surface area contributed by atoms with Gasteiger partial charge in [0.25, 0.3) is 5.91 Å². The number of sulfone groups is 1. The third-order valence-corrected chi connectivity index (χ3v) is 8.32. The van der Waals surface area contributed by atoms with Crippen LogP contribution in [0.4, 0.5) is 0 Å². The van der Waals surface area contributed by atoms with Crippen molar-refractivity contribution in [3.63, 3.8) is 0 Å². The Labute approximate surface area is 167 Å². The summed E-state index contributed by atoms with van der Waals surface area (Å²) in [6, 6.07) is 6.49. The SMILES string of the molecule is O=C(CCNC(=O)[C@H]1CS[C@@H]2c3ccccc3C(=O)N12)N[C@@H]1CCS(=O)(=O)C1. The maximum absolute atomic E-state index is 12.6. The van der Waals surface area contributed by atoms with Gasteiger partial charge in [0.1, 0.15) is 11.4 Å². The molecule has 0 aromatic heterocycles. The van der Waals surface area contributed by atoms with Crippen molar-refractivity contribution in [3.05, 3.63) is 35.4 Å². The molecule has 0 unspecified atom stereocenters. The lowest BCUT2D eigenvalue weighted by atomic mass is 10.1. The normalized spacial score (nSPS) is 27.4. The molecule has 10 heteroatoms. The minimum atomic E-state index is -3.05. The van der Waals surface area contributed by atoms with Gasteiger partial charge in [0.05, 0.1) is 11.5 Å². The lowest BCUT2D eigenvalue weighted by molar-refractivity contribution is -0.125. The largest absolute Gasteiger partial charge is 0.354 e. The van der Waals surface area contributed by atoms with Gasteiger partial charge in [0.15, 0.2) is 9.84 Å². The zero-order chi connectivity index (χ0) is 19.9. The van der Waals surface area contributed by atoms with E-state index in [2.05, 4.69) is 10.6 Å². The number of hydrogen-bond acceptors (Lipinski definition) is 6. The van der Waals surface area contributed by atoms with Crippen molar-refractivity contribution >= 4 is 39.3 Å². The summed E-state index contributed by atoms with van der Waals surface area (Å²) in [7, 11) is -3.05. The molecular weight excluding hydrogens is 402 g/mol. The highest BCUT2D eigenvalue weighted by molar-refractivity contribution is 7.99. The van der Waals surface area contributed by atoms with Crippen molar-refractivity contribution < 1.29 is 22.8 Å². The van der Waals surface area contributed by atoms with Crippen molar-refractivity contribution in [1.29, 1.82) is 0 Å². The fourth-order valence-corrected chi connectivity index (χ4v) is 7.01. The van der Waals surface area contributed by atoms with Crippen LogP contribution in [0.15, 0.2) is 24.3 Å². The van der Waals surface area contributed by atoms with E-state index in [0.29, 0.717) is 17.7 Å². The molecule has 0 spiro atoms. The number of fused-ring (bicyclic) bond motifs is 3. The van der Waals surface area contributed by atoms with Crippen molar-refractivity contribution in [2.75, 3.05) is 23.8 Å². The van der Waals surface area contributed by atoms with Crippen LogP contribution in [0.3, 0.4) is 0 Å². The zero-order valence-corrected chi connectivity index (χ0v) is 16.7. The molecule has 3 atom stereocenters. The molecule has 1 aromatic rings. The number of amides is 3. The van der Waals surface area contributed by atoms with Gasteiger partial charge in [-0.1, -0.05) is 18.2 Å². The van der Waals surface area contributed by atoms with Gasteiger partial charge in [0, 0.05) is 30.3 Å². The smallest absolute Gasteiger partial charge is 0.256 e. The number of thioether (sulfide) groups is 1. The second kappa shape index (κ2) is 7.40. The molecular formula is C18H21N3O5S2. The van der Waals surface area contributed by atoms with Crippen LogP contribution in [0.25, 0.3) is 0 Å². The summed E-state index contributed by atoms with van der Waals surface area (Å²) in [5.74, 6) is -0.0998. The van der Waals surface area contributed by atoms with Crippen molar-refractivity contribution in [3.8, 4) is 0 Å². The summed E-state index contributed by atoms with van der Waals surface area (Å²) in [5.41, 5.74) is 1.59. The first-order valence-corrected chi connectivity index (χ1v) is 12.0. The van der Waals surface area contributed by atoms with Crippen LogP contribution < -0.4 is 10.6 Å². The monoisotopic (exact) mass is 423 g/mol.